The molecule has 0 spiro atoms. The molecule has 11 heavy (non-hydrogen) atoms. The lowest BCUT2D eigenvalue weighted by Gasteiger charge is -2.18. The molecule has 68 valence electrons. The lowest BCUT2D eigenvalue weighted by molar-refractivity contribution is 0.587. The van der Waals surface area contributed by atoms with Crippen molar-refractivity contribution in [2.75, 3.05) is 11.5 Å². The van der Waals surface area contributed by atoms with Gasteiger partial charge in [0.05, 0.1) is 0 Å². The second kappa shape index (κ2) is 5.04. The third kappa shape index (κ3) is 8.21. The van der Waals surface area contributed by atoms with E-state index < -0.39 is 0 Å². The van der Waals surface area contributed by atoms with E-state index in [0.717, 1.165) is 11.7 Å². The van der Waals surface area contributed by atoms with Gasteiger partial charge >= 0.3 is 0 Å². The van der Waals surface area contributed by atoms with Crippen molar-refractivity contribution in [3.05, 3.63) is 0 Å². The monoisotopic (exact) mass is 175 g/mol. The van der Waals surface area contributed by atoms with Crippen molar-refractivity contribution >= 4 is 11.8 Å². The molecule has 0 aromatic carbocycles. The van der Waals surface area contributed by atoms with Gasteiger partial charge in [0.2, 0.25) is 0 Å². The van der Waals surface area contributed by atoms with E-state index in [9.17, 15) is 0 Å². The topological polar surface area (TPSA) is 26.0 Å². The Balaban J connectivity index is 3.28. The van der Waals surface area contributed by atoms with Crippen LogP contribution in [0.25, 0.3) is 0 Å². The molecule has 0 bridgehead atoms. The highest BCUT2D eigenvalue weighted by atomic mass is 32.2. The lowest BCUT2D eigenvalue weighted by Crippen LogP contribution is -2.34. The largest absolute Gasteiger partial charge is 0.325 e. The van der Waals surface area contributed by atoms with E-state index in [1.54, 1.807) is 0 Å². The Morgan fingerprint density at radius 2 is 2.00 bits per heavy atom. The highest BCUT2D eigenvalue weighted by Gasteiger charge is 2.10. The zero-order valence-corrected chi connectivity index (χ0v) is 9.00. The minimum atomic E-state index is -0.00186. The molecule has 2 N–H and O–H groups in total. The molecule has 2 heteroatoms. The zero-order chi connectivity index (χ0) is 8.91. The summed E-state index contributed by atoms with van der Waals surface area (Å²) in [4.78, 5) is 0. The molecule has 0 saturated carbocycles. The minimum absolute atomic E-state index is 0.00186. The molecular formula is C9H21NS. The van der Waals surface area contributed by atoms with Gasteiger partial charge in [0.1, 0.15) is 0 Å². The van der Waals surface area contributed by atoms with Gasteiger partial charge in [-0.1, -0.05) is 20.3 Å². The zero-order valence-electron chi connectivity index (χ0n) is 8.18. The van der Waals surface area contributed by atoms with Crippen molar-refractivity contribution in [2.24, 2.45) is 11.7 Å². The second-order valence-electron chi connectivity index (χ2n) is 4.02. The number of rotatable bonds is 5. The van der Waals surface area contributed by atoms with Crippen LogP contribution in [0.5, 0.6) is 0 Å². The first-order valence-corrected chi connectivity index (χ1v) is 5.48. The number of hydrogen-bond acceptors (Lipinski definition) is 2. The normalized spacial score (nSPS) is 15.0. The Kier molecular flexibility index (Phi) is 5.19. The lowest BCUT2D eigenvalue weighted by atomic mass is 10.1. The van der Waals surface area contributed by atoms with Crippen LogP contribution < -0.4 is 5.73 Å². The smallest absolute Gasteiger partial charge is 0.0188 e. The average molecular weight is 175 g/mol. The molecule has 0 aliphatic rings. The van der Waals surface area contributed by atoms with Gasteiger partial charge in [-0.25, -0.2) is 0 Å². The van der Waals surface area contributed by atoms with Crippen LogP contribution in [0.4, 0.5) is 0 Å². The molecule has 0 aliphatic heterocycles. The summed E-state index contributed by atoms with van der Waals surface area (Å²) in [5.41, 5.74) is 5.84. The first-order chi connectivity index (χ1) is 4.95. The summed E-state index contributed by atoms with van der Waals surface area (Å²) >= 11 is 1.97. The molecule has 0 aromatic heterocycles. The molecule has 0 heterocycles. The van der Waals surface area contributed by atoms with E-state index in [4.69, 9.17) is 5.73 Å². The van der Waals surface area contributed by atoms with Crippen LogP contribution in [0.3, 0.4) is 0 Å². The van der Waals surface area contributed by atoms with E-state index in [2.05, 4.69) is 27.7 Å². The predicted octanol–water partition coefficient (Wildman–Crippen LogP) is 2.50. The van der Waals surface area contributed by atoms with Crippen LogP contribution >= 0.6 is 11.8 Å². The van der Waals surface area contributed by atoms with Crippen molar-refractivity contribution in [3.63, 3.8) is 0 Å². The Morgan fingerprint density at radius 1 is 1.45 bits per heavy atom. The number of thioether (sulfide) groups is 1. The van der Waals surface area contributed by atoms with Gasteiger partial charge in [-0.05, 0) is 25.5 Å². The molecule has 0 radical (unpaired) electrons. The first kappa shape index (κ1) is 11.3. The summed E-state index contributed by atoms with van der Waals surface area (Å²) in [5, 5.41) is 0. The third-order valence-electron chi connectivity index (χ3n) is 1.57. The Bertz CT molecular complexity index is 96.2. The van der Waals surface area contributed by atoms with Crippen LogP contribution in [-0.4, -0.2) is 17.0 Å². The van der Waals surface area contributed by atoms with Gasteiger partial charge in [0.25, 0.3) is 0 Å². The van der Waals surface area contributed by atoms with Gasteiger partial charge in [-0.3, -0.25) is 0 Å². The molecular weight excluding hydrogens is 154 g/mol. The first-order valence-electron chi connectivity index (χ1n) is 4.32. The minimum Gasteiger partial charge on any atom is -0.325 e. The van der Waals surface area contributed by atoms with Gasteiger partial charge in [-0.2, -0.15) is 11.8 Å². The van der Waals surface area contributed by atoms with Gasteiger partial charge in [0.15, 0.2) is 0 Å². The fourth-order valence-corrected chi connectivity index (χ4v) is 1.92. The van der Waals surface area contributed by atoms with Crippen molar-refractivity contribution in [1.29, 1.82) is 0 Å². The third-order valence-corrected chi connectivity index (χ3v) is 3.33. The SMILES string of the molecule is CCC(C)CSCC(C)(C)N. The number of hydrogen-bond donors (Lipinski definition) is 1. The molecule has 0 amide bonds. The van der Waals surface area contributed by atoms with Crippen molar-refractivity contribution in [3.8, 4) is 0 Å². The summed E-state index contributed by atoms with van der Waals surface area (Å²) < 4.78 is 0. The van der Waals surface area contributed by atoms with E-state index in [1.807, 2.05) is 11.8 Å². The quantitative estimate of drug-likeness (QED) is 0.695. The van der Waals surface area contributed by atoms with E-state index >= 15 is 0 Å². The van der Waals surface area contributed by atoms with Crippen LogP contribution in [-0.2, 0) is 0 Å². The molecule has 0 aromatic rings. The Morgan fingerprint density at radius 3 is 2.36 bits per heavy atom. The van der Waals surface area contributed by atoms with Gasteiger partial charge < -0.3 is 5.73 Å². The van der Waals surface area contributed by atoms with Crippen LogP contribution in [0.15, 0.2) is 0 Å². The summed E-state index contributed by atoms with van der Waals surface area (Å²) in [6, 6.07) is 0. The molecule has 0 saturated heterocycles. The van der Waals surface area contributed by atoms with E-state index in [1.165, 1.54) is 12.2 Å². The average Bonchev–Trinajstić information content (AvgIpc) is 1.85. The fourth-order valence-electron chi connectivity index (χ4n) is 0.641. The highest BCUT2D eigenvalue weighted by molar-refractivity contribution is 7.99. The summed E-state index contributed by atoms with van der Waals surface area (Å²) in [6.45, 7) is 8.68. The highest BCUT2D eigenvalue weighted by Crippen LogP contribution is 2.15. The van der Waals surface area contributed by atoms with E-state index in [0.29, 0.717) is 0 Å². The summed E-state index contributed by atoms with van der Waals surface area (Å²) in [6.07, 6.45) is 1.28. The molecule has 1 nitrogen and oxygen atoms in total. The molecule has 0 fully saturated rings. The Labute approximate surface area is 75.1 Å². The Hall–Kier alpha value is 0.310. The van der Waals surface area contributed by atoms with Crippen LogP contribution in [0, 0.1) is 5.92 Å². The number of nitrogens with two attached hydrogens (primary N) is 1. The second-order valence-corrected chi connectivity index (χ2v) is 5.05. The van der Waals surface area contributed by atoms with Crippen molar-refractivity contribution in [1.82, 2.24) is 0 Å². The summed E-state index contributed by atoms with van der Waals surface area (Å²) in [7, 11) is 0. The van der Waals surface area contributed by atoms with Crippen LogP contribution in [0.1, 0.15) is 34.1 Å². The van der Waals surface area contributed by atoms with Crippen molar-refractivity contribution < 1.29 is 0 Å². The maximum Gasteiger partial charge on any atom is 0.0188 e. The van der Waals surface area contributed by atoms with Crippen molar-refractivity contribution in [2.45, 2.75) is 39.7 Å². The van der Waals surface area contributed by atoms with E-state index in [-0.39, 0.29) is 5.54 Å². The standard InChI is InChI=1S/C9H21NS/c1-5-8(2)6-11-7-9(3,4)10/h8H,5-7,10H2,1-4H3. The molecule has 0 rings (SSSR count). The maximum absolute atomic E-state index is 5.84. The van der Waals surface area contributed by atoms with Gasteiger partial charge in [0, 0.05) is 11.3 Å². The predicted molar refractivity (Wildman–Crippen MR) is 55.0 cm³/mol. The molecule has 1 unspecified atom stereocenters. The van der Waals surface area contributed by atoms with Crippen LogP contribution in [0.2, 0.25) is 0 Å². The van der Waals surface area contributed by atoms with Gasteiger partial charge in [-0.15, -0.1) is 0 Å². The summed E-state index contributed by atoms with van der Waals surface area (Å²) in [5.74, 6) is 3.15. The maximum atomic E-state index is 5.84. The molecule has 1 atom stereocenters. The fraction of sp³-hybridized carbons (Fsp3) is 1.00. The molecule has 0 aliphatic carbocycles.